The van der Waals surface area contributed by atoms with Crippen molar-refractivity contribution in [1.82, 2.24) is 15.1 Å². The number of aromatic nitrogens is 2. The number of rotatable bonds is 7. The molecule has 3 nitrogen and oxygen atoms in total. The highest BCUT2D eigenvalue weighted by Crippen LogP contribution is 2.10. The van der Waals surface area contributed by atoms with Gasteiger partial charge in [-0.05, 0) is 31.4 Å². The molecule has 92 valence electrons. The minimum atomic E-state index is -2.30. The minimum absolute atomic E-state index is 0.448. The van der Waals surface area contributed by atoms with Gasteiger partial charge in [-0.25, -0.2) is 8.78 Å². The molecular formula is C11H19F2N3. The number of aryl methyl sites for hydroxylation is 2. The number of hydrogen-bond acceptors (Lipinski definition) is 2. The van der Waals surface area contributed by atoms with Crippen LogP contribution in [0, 0.1) is 0 Å². The van der Waals surface area contributed by atoms with Crippen LogP contribution in [0.1, 0.15) is 25.3 Å². The molecule has 1 aromatic heterocycles. The van der Waals surface area contributed by atoms with Crippen LogP contribution in [-0.2, 0) is 13.5 Å². The molecule has 0 aliphatic carbocycles. The summed E-state index contributed by atoms with van der Waals surface area (Å²) in [5.41, 5.74) is 1.01. The van der Waals surface area contributed by atoms with Crippen LogP contribution >= 0.6 is 0 Å². The van der Waals surface area contributed by atoms with Gasteiger partial charge in [-0.3, -0.25) is 4.68 Å². The second-order valence-electron chi connectivity index (χ2n) is 3.96. The molecule has 1 aromatic rings. The van der Waals surface area contributed by atoms with Crippen LogP contribution in [0.4, 0.5) is 8.78 Å². The van der Waals surface area contributed by atoms with Gasteiger partial charge in [-0.15, -0.1) is 0 Å². The van der Waals surface area contributed by atoms with Gasteiger partial charge in [0, 0.05) is 13.2 Å². The summed E-state index contributed by atoms with van der Waals surface area (Å²) in [7, 11) is 1.82. The number of halogens is 2. The molecule has 0 aliphatic heterocycles. The van der Waals surface area contributed by atoms with Crippen LogP contribution in [0.15, 0.2) is 12.4 Å². The normalized spacial score (nSPS) is 13.3. The standard InChI is InChI=1S/C11H19F2N3/c1-3-6-14-10(11(12)13)5-4-9-7-15-16(2)8-9/h7-8,10-11,14H,3-6H2,1-2H3. The van der Waals surface area contributed by atoms with Crippen molar-refractivity contribution in [3.05, 3.63) is 18.0 Å². The van der Waals surface area contributed by atoms with E-state index in [4.69, 9.17) is 0 Å². The van der Waals surface area contributed by atoms with E-state index < -0.39 is 12.5 Å². The second-order valence-corrected chi connectivity index (χ2v) is 3.96. The summed E-state index contributed by atoms with van der Waals surface area (Å²) < 4.78 is 27.0. The number of nitrogens with zero attached hydrogens (tertiary/aromatic N) is 2. The average molecular weight is 231 g/mol. The highest BCUT2D eigenvalue weighted by molar-refractivity contribution is 5.04. The van der Waals surface area contributed by atoms with Gasteiger partial charge < -0.3 is 5.32 Å². The zero-order valence-electron chi connectivity index (χ0n) is 9.79. The number of nitrogens with one attached hydrogen (secondary N) is 1. The molecule has 1 rings (SSSR count). The first-order valence-corrected chi connectivity index (χ1v) is 5.62. The first-order chi connectivity index (χ1) is 7.63. The zero-order valence-corrected chi connectivity index (χ0v) is 9.79. The molecule has 1 heterocycles. The Balaban J connectivity index is 2.37. The van der Waals surface area contributed by atoms with Gasteiger partial charge in [0.25, 0.3) is 6.43 Å². The summed E-state index contributed by atoms with van der Waals surface area (Å²) in [5, 5.41) is 6.88. The fourth-order valence-electron chi connectivity index (χ4n) is 1.57. The van der Waals surface area contributed by atoms with E-state index in [0.29, 0.717) is 19.4 Å². The highest BCUT2D eigenvalue weighted by Gasteiger charge is 2.18. The van der Waals surface area contributed by atoms with Crippen LogP contribution in [0.3, 0.4) is 0 Å². The van der Waals surface area contributed by atoms with Crippen LogP contribution in [0.25, 0.3) is 0 Å². The van der Waals surface area contributed by atoms with Gasteiger partial charge in [-0.1, -0.05) is 6.92 Å². The Labute approximate surface area is 94.8 Å². The molecule has 0 bridgehead atoms. The topological polar surface area (TPSA) is 29.9 Å². The van der Waals surface area contributed by atoms with Gasteiger partial charge in [0.15, 0.2) is 0 Å². The maximum absolute atomic E-state index is 12.6. The van der Waals surface area contributed by atoms with Gasteiger partial charge in [0.1, 0.15) is 0 Å². The predicted octanol–water partition coefficient (Wildman–Crippen LogP) is 1.99. The average Bonchev–Trinajstić information content (AvgIpc) is 2.64. The van der Waals surface area contributed by atoms with Crippen molar-refractivity contribution in [1.29, 1.82) is 0 Å². The molecule has 1 atom stereocenters. The number of hydrogen-bond donors (Lipinski definition) is 1. The molecule has 0 amide bonds. The van der Waals surface area contributed by atoms with E-state index in [-0.39, 0.29) is 0 Å². The third-order valence-corrected chi connectivity index (χ3v) is 2.46. The zero-order chi connectivity index (χ0) is 12.0. The third-order valence-electron chi connectivity index (χ3n) is 2.46. The molecule has 0 saturated heterocycles. The summed E-state index contributed by atoms with van der Waals surface area (Å²) >= 11 is 0. The molecular weight excluding hydrogens is 212 g/mol. The van der Waals surface area contributed by atoms with Crippen molar-refractivity contribution in [2.24, 2.45) is 7.05 Å². The van der Waals surface area contributed by atoms with Crippen LogP contribution < -0.4 is 5.32 Å². The van der Waals surface area contributed by atoms with Crippen molar-refractivity contribution < 1.29 is 8.78 Å². The molecule has 0 saturated carbocycles. The van der Waals surface area contributed by atoms with Crippen molar-refractivity contribution in [2.45, 2.75) is 38.7 Å². The Kier molecular flexibility index (Phi) is 5.38. The van der Waals surface area contributed by atoms with Crippen molar-refractivity contribution in [3.8, 4) is 0 Å². The second kappa shape index (κ2) is 6.58. The van der Waals surface area contributed by atoms with Gasteiger partial charge in [0.2, 0.25) is 0 Å². The number of alkyl halides is 2. The van der Waals surface area contributed by atoms with Gasteiger partial charge in [0.05, 0.1) is 12.2 Å². The lowest BCUT2D eigenvalue weighted by atomic mass is 10.1. The molecule has 0 fully saturated rings. The summed E-state index contributed by atoms with van der Waals surface area (Å²) in [5.74, 6) is 0. The van der Waals surface area contributed by atoms with E-state index in [1.807, 2.05) is 20.2 Å². The molecule has 1 unspecified atom stereocenters. The highest BCUT2D eigenvalue weighted by atomic mass is 19.3. The SMILES string of the molecule is CCCNC(CCc1cnn(C)c1)C(F)F. The lowest BCUT2D eigenvalue weighted by Crippen LogP contribution is -2.36. The first kappa shape index (κ1) is 13.1. The Morgan fingerprint density at radius 1 is 1.50 bits per heavy atom. The lowest BCUT2D eigenvalue weighted by molar-refractivity contribution is 0.0943. The van der Waals surface area contributed by atoms with E-state index in [0.717, 1.165) is 12.0 Å². The van der Waals surface area contributed by atoms with E-state index in [1.54, 1.807) is 10.9 Å². The molecule has 0 aromatic carbocycles. The third kappa shape index (κ3) is 4.26. The first-order valence-electron chi connectivity index (χ1n) is 5.62. The molecule has 1 N–H and O–H groups in total. The Hall–Kier alpha value is -0.970. The van der Waals surface area contributed by atoms with Crippen LogP contribution in [0.2, 0.25) is 0 Å². The van der Waals surface area contributed by atoms with E-state index in [9.17, 15) is 8.78 Å². The Bertz CT molecular complexity index is 299. The van der Waals surface area contributed by atoms with E-state index in [1.165, 1.54) is 0 Å². The Morgan fingerprint density at radius 3 is 2.75 bits per heavy atom. The van der Waals surface area contributed by atoms with Crippen molar-refractivity contribution in [3.63, 3.8) is 0 Å². The lowest BCUT2D eigenvalue weighted by Gasteiger charge is -2.16. The molecule has 0 radical (unpaired) electrons. The summed E-state index contributed by atoms with van der Waals surface area (Å²) in [4.78, 5) is 0. The van der Waals surface area contributed by atoms with E-state index >= 15 is 0 Å². The largest absolute Gasteiger partial charge is 0.309 e. The van der Waals surface area contributed by atoms with Gasteiger partial charge >= 0.3 is 0 Å². The van der Waals surface area contributed by atoms with Crippen LogP contribution in [0.5, 0.6) is 0 Å². The minimum Gasteiger partial charge on any atom is -0.309 e. The molecule has 16 heavy (non-hydrogen) atoms. The van der Waals surface area contributed by atoms with Crippen molar-refractivity contribution >= 4 is 0 Å². The van der Waals surface area contributed by atoms with E-state index in [2.05, 4.69) is 10.4 Å². The quantitative estimate of drug-likeness (QED) is 0.777. The molecule has 0 aliphatic rings. The summed E-state index contributed by atoms with van der Waals surface area (Å²) in [6, 6.07) is -0.708. The Morgan fingerprint density at radius 2 is 2.25 bits per heavy atom. The maximum atomic E-state index is 12.6. The monoisotopic (exact) mass is 231 g/mol. The smallest absolute Gasteiger partial charge is 0.253 e. The fraction of sp³-hybridized carbons (Fsp3) is 0.727. The predicted molar refractivity (Wildman–Crippen MR) is 59.6 cm³/mol. The molecule has 0 spiro atoms. The van der Waals surface area contributed by atoms with Crippen molar-refractivity contribution in [2.75, 3.05) is 6.54 Å². The fourth-order valence-corrected chi connectivity index (χ4v) is 1.57. The summed E-state index contributed by atoms with van der Waals surface area (Å²) in [6.45, 7) is 2.61. The van der Waals surface area contributed by atoms with Gasteiger partial charge in [-0.2, -0.15) is 5.10 Å². The summed E-state index contributed by atoms with van der Waals surface area (Å²) in [6.07, 6.45) is 3.24. The maximum Gasteiger partial charge on any atom is 0.253 e. The molecule has 5 heteroatoms. The van der Waals surface area contributed by atoms with Crippen LogP contribution in [-0.4, -0.2) is 28.8 Å².